The van der Waals surface area contributed by atoms with Gasteiger partial charge in [0.25, 0.3) is 0 Å². The molecule has 1 fully saturated rings. The Morgan fingerprint density at radius 3 is 2.62 bits per heavy atom. The maximum Gasteiger partial charge on any atom is 0.409 e. The Bertz CT molecular complexity index is 207. The number of hydrogen-bond acceptors (Lipinski definition) is 3. The second-order valence-electron chi connectivity index (χ2n) is 2.71. The predicted molar refractivity (Wildman–Crippen MR) is 37.0 cm³/mol. The van der Waals surface area contributed by atoms with E-state index in [1.807, 2.05) is 0 Å². The molecule has 0 aliphatic carbocycles. The van der Waals surface area contributed by atoms with E-state index in [-0.39, 0.29) is 13.2 Å². The van der Waals surface area contributed by atoms with Gasteiger partial charge in [0.1, 0.15) is 12.6 Å². The van der Waals surface area contributed by atoms with Crippen molar-refractivity contribution in [3.05, 3.63) is 0 Å². The Balaban J connectivity index is 2.44. The van der Waals surface area contributed by atoms with Crippen molar-refractivity contribution in [1.29, 1.82) is 0 Å². The van der Waals surface area contributed by atoms with Gasteiger partial charge >= 0.3 is 12.3 Å². The molecule has 1 rings (SSSR count). The molecule has 1 unspecified atom stereocenters. The third-order valence-corrected chi connectivity index (χ3v) is 1.68. The van der Waals surface area contributed by atoms with Crippen LogP contribution >= 0.6 is 0 Å². The molecule has 0 aromatic rings. The number of nitrogens with two attached hydrogens (primary N) is 1. The Morgan fingerprint density at radius 1 is 1.62 bits per heavy atom. The fourth-order valence-corrected chi connectivity index (χ4v) is 0.932. The van der Waals surface area contributed by atoms with Crippen LogP contribution in [-0.4, -0.2) is 42.9 Å². The molecule has 1 saturated heterocycles. The monoisotopic (exact) mass is 198 g/mol. The van der Waals surface area contributed by atoms with Gasteiger partial charge in [-0.2, -0.15) is 13.2 Å². The van der Waals surface area contributed by atoms with Gasteiger partial charge in [-0.15, -0.1) is 0 Å². The van der Waals surface area contributed by atoms with Crippen LogP contribution in [0.4, 0.5) is 18.0 Å². The van der Waals surface area contributed by atoms with Crippen molar-refractivity contribution in [2.24, 2.45) is 5.73 Å². The zero-order valence-electron chi connectivity index (χ0n) is 6.67. The molecule has 13 heavy (non-hydrogen) atoms. The molecule has 2 N–H and O–H groups in total. The van der Waals surface area contributed by atoms with Crippen molar-refractivity contribution >= 4 is 6.09 Å². The Kier molecular flexibility index (Phi) is 2.65. The van der Waals surface area contributed by atoms with E-state index in [0.29, 0.717) is 0 Å². The molecule has 4 nitrogen and oxygen atoms in total. The molecular weight excluding hydrogens is 189 g/mol. The Labute approximate surface area is 72.4 Å². The summed E-state index contributed by atoms with van der Waals surface area (Å²) in [4.78, 5) is 11.7. The van der Waals surface area contributed by atoms with Gasteiger partial charge in [-0.25, -0.2) is 4.79 Å². The molecule has 1 heterocycles. The molecule has 0 saturated carbocycles. The summed E-state index contributed by atoms with van der Waals surface area (Å²) < 4.78 is 40.2. The second-order valence-corrected chi connectivity index (χ2v) is 2.71. The fourth-order valence-electron chi connectivity index (χ4n) is 0.932. The molecule has 0 bridgehead atoms. The largest absolute Gasteiger partial charge is 0.448 e. The predicted octanol–water partition coefficient (Wildman–Crippen LogP) is 0.328. The van der Waals surface area contributed by atoms with Crippen molar-refractivity contribution in [1.82, 2.24) is 4.90 Å². The van der Waals surface area contributed by atoms with Gasteiger partial charge in [0.05, 0.1) is 6.54 Å². The average molecular weight is 198 g/mol. The lowest BCUT2D eigenvalue weighted by Crippen LogP contribution is -2.47. The maximum absolute atomic E-state index is 11.9. The molecule has 7 heteroatoms. The number of nitrogens with zero attached hydrogens (tertiary/aromatic N) is 1. The number of carbonyl (C=O) groups is 1. The van der Waals surface area contributed by atoms with Crippen molar-refractivity contribution in [2.75, 3.05) is 19.7 Å². The van der Waals surface area contributed by atoms with Crippen molar-refractivity contribution < 1.29 is 22.7 Å². The van der Waals surface area contributed by atoms with Gasteiger partial charge in [0.2, 0.25) is 0 Å². The number of ether oxygens (including phenoxy) is 1. The summed E-state index contributed by atoms with van der Waals surface area (Å²) in [6.45, 7) is -0.242. The highest BCUT2D eigenvalue weighted by molar-refractivity contribution is 5.69. The molecule has 1 aliphatic heterocycles. The molecule has 1 aliphatic rings. The summed E-state index contributed by atoms with van der Waals surface area (Å²) in [6, 6.07) is -2.00. The zero-order valence-corrected chi connectivity index (χ0v) is 6.67. The van der Waals surface area contributed by atoms with E-state index < -0.39 is 24.9 Å². The lowest BCUT2D eigenvalue weighted by atomic mass is 10.3. The highest BCUT2D eigenvalue weighted by atomic mass is 19.4. The van der Waals surface area contributed by atoms with Gasteiger partial charge in [0.15, 0.2) is 0 Å². The number of alkyl halides is 3. The highest BCUT2D eigenvalue weighted by Gasteiger charge is 2.39. The summed E-state index contributed by atoms with van der Waals surface area (Å²) in [6.07, 6.45) is -5.21. The van der Waals surface area contributed by atoms with Crippen LogP contribution in [0.2, 0.25) is 0 Å². The van der Waals surface area contributed by atoms with Crippen LogP contribution < -0.4 is 5.73 Å². The summed E-state index contributed by atoms with van der Waals surface area (Å²) in [5.41, 5.74) is 4.82. The standard InChI is InChI=1S/C6H9F3N2O2/c7-6(8,9)4(10)3-11-1-2-13-5(11)12/h4H,1-3,10H2. The first-order chi connectivity index (χ1) is 5.91. The Hall–Kier alpha value is -0.980. The third-order valence-electron chi connectivity index (χ3n) is 1.68. The quantitative estimate of drug-likeness (QED) is 0.695. The van der Waals surface area contributed by atoms with Crippen LogP contribution in [0.3, 0.4) is 0 Å². The van der Waals surface area contributed by atoms with Gasteiger partial charge < -0.3 is 15.4 Å². The van der Waals surface area contributed by atoms with Gasteiger partial charge in [-0.1, -0.05) is 0 Å². The van der Waals surface area contributed by atoms with Crippen LogP contribution in [-0.2, 0) is 4.74 Å². The number of amides is 1. The van der Waals surface area contributed by atoms with Crippen LogP contribution in [0, 0.1) is 0 Å². The minimum Gasteiger partial charge on any atom is -0.448 e. The first-order valence-electron chi connectivity index (χ1n) is 3.65. The normalized spacial score (nSPS) is 20.3. The van der Waals surface area contributed by atoms with Crippen LogP contribution in [0.1, 0.15) is 0 Å². The molecule has 0 spiro atoms. The molecule has 0 aromatic carbocycles. The van der Waals surface area contributed by atoms with Crippen molar-refractivity contribution in [3.8, 4) is 0 Å². The topological polar surface area (TPSA) is 55.6 Å². The van der Waals surface area contributed by atoms with Gasteiger partial charge in [-0.05, 0) is 0 Å². The maximum atomic E-state index is 11.9. The molecule has 0 aromatic heterocycles. The fraction of sp³-hybridized carbons (Fsp3) is 0.833. The lowest BCUT2D eigenvalue weighted by molar-refractivity contribution is -0.149. The number of cyclic esters (lactones) is 1. The van der Waals surface area contributed by atoms with Gasteiger partial charge in [-0.3, -0.25) is 0 Å². The van der Waals surface area contributed by atoms with E-state index in [1.54, 1.807) is 0 Å². The number of hydrogen-bond donors (Lipinski definition) is 1. The summed E-state index contributed by atoms with van der Waals surface area (Å²) >= 11 is 0. The van der Waals surface area contributed by atoms with Crippen molar-refractivity contribution in [3.63, 3.8) is 0 Å². The SMILES string of the molecule is NC(CN1CCOC1=O)C(F)(F)F. The minimum atomic E-state index is -4.47. The molecule has 0 radical (unpaired) electrons. The molecule has 1 amide bonds. The minimum absolute atomic E-state index is 0.128. The molecule has 76 valence electrons. The summed E-state index contributed by atoms with van der Waals surface area (Å²) in [5.74, 6) is 0. The van der Waals surface area contributed by atoms with Crippen molar-refractivity contribution in [2.45, 2.75) is 12.2 Å². The third kappa shape index (κ3) is 2.48. The summed E-state index contributed by atoms with van der Waals surface area (Å²) in [7, 11) is 0. The first-order valence-corrected chi connectivity index (χ1v) is 3.65. The van der Waals surface area contributed by atoms with Crippen LogP contribution in [0.5, 0.6) is 0 Å². The zero-order chi connectivity index (χ0) is 10.1. The van der Waals surface area contributed by atoms with Crippen LogP contribution in [0.15, 0.2) is 0 Å². The molecular formula is C6H9F3N2O2. The van der Waals surface area contributed by atoms with E-state index in [2.05, 4.69) is 4.74 Å². The first kappa shape index (κ1) is 10.1. The van der Waals surface area contributed by atoms with E-state index in [1.165, 1.54) is 0 Å². The lowest BCUT2D eigenvalue weighted by Gasteiger charge is -2.20. The average Bonchev–Trinajstić information content (AvgIpc) is 2.34. The summed E-state index contributed by atoms with van der Waals surface area (Å²) in [5, 5.41) is 0. The van der Waals surface area contributed by atoms with Crippen LogP contribution in [0.25, 0.3) is 0 Å². The van der Waals surface area contributed by atoms with E-state index in [4.69, 9.17) is 5.73 Å². The second kappa shape index (κ2) is 3.41. The van der Waals surface area contributed by atoms with Gasteiger partial charge in [0, 0.05) is 6.54 Å². The Morgan fingerprint density at radius 2 is 2.23 bits per heavy atom. The molecule has 1 atom stereocenters. The van der Waals surface area contributed by atoms with E-state index in [9.17, 15) is 18.0 Å². The van der Waals surface area contributed by atoms with E-state index in [0.717, 1.165) is 4.90 Å². The smallest absolute Gasteiger partial charge is 0.409 e. The number of halogens is 3. The van der Waals surface area contributed by atoms with E-state index >= 15 is 0 Å². The highest BCUT2D eigenvalue weighted by Crippen LogP contribution is 2.19. The number of rotatable bonds is 2. The number of carbonyl (C=O) groups excluding carboxylic acids is 1.